The zero-order valence-electron chi connectivity index (χ0n) is 16.3. The third kappa shape index (κ3) is 4.48. The van der Waals surface area contributed by atoms with Crippen molar-refractivity contribution < 1.29 is 14.3 Å². The molecule has 1 heterocycles. The average Bonchev–Trinajstić information content (AvgIpc) is 3.16. The fraction of sp³-hybridized carbons (Fsp3) is 0.238. The number of hydrogen-bond donors (Lipinski definition) is 1. The topological polar surface area (TPSA) is 65.4 Å². The standard InChI is InChI=1S/C21H23N3O3S/c1-14-8-9-19(27-4)18(12-14)23-20(25)15(2)28-21-22-10-11-24(21)16-6-5-7-17(13-16)26-3/h5-13,15H,1-4H3,(H,23,25). The Hall–Kier alpha value is -2.93. The number of imidazole rings is 1. The first-order valence-corrected chi connectivity index (χ1v) is 9.69. The van der Waals surface area contributed by atoms with E-state index in [9.17, 15) is 4.79 Å². The number of rotatable bonds is 7. The third-order valence-corrected chi connectivity index (χ3v) is 5.28. The van der Waals surface area contributed by atoms with Crippen LogP contribution in [0.25, 0.3) is 5.69 Å². The lowest BCUT2D eigenvalue weighted by molar-refractivity contribution is -0.115. The fourth-order valence-corrected chi connectivity index (χ4v) is 3.58. The molecule has 0 bridgehead atoms. The van der Waals surface area contributed by atoms with Gasteiger partial charge in [0.15, 0.2) is 5.16 Å². The molecule has 1 amide bonds. The molecule has 0 spiro atoms. The van der Waals surface area contributed by atoms with Gasteiger partial charge in [0.2, 0.25) is 5.91 Å². The Kier molecular flexibility index (Phi) is 6.26. The minimum Gasteiger partial charge on any atom is -0.497 e. The van der Waals surface area contributed by atoms with E-state index in [1.165, 1.54) is 11.8 Å². The molecule has 3 rings (SSSR count). The van der Waals surface area contributed by atoms with Gasteiger partial charge in [0.1, 0.15) is 11.5 Å². The average molecular weight is 398 g/mol. The second-order valence-corrected chi connectivity index (χ2v) is 7.54. The van der Waals surface area contributed by atoms with Crippen LogP contribution in [0.2, 0.25) is 0 Å². The number of methoxy groups -OCH3 is 2. The molecule has 146 valence electrons. The molecular weight excluding hydrogens is 374 g/mol. The van der Waals surface area contributed by atoms with Crippen molar-refractivity contribution in [1.82, 2.24) is 9.55 Å². The van der Waals surface area contributed by atoms with Gasteiger partial charge in [0.25, 0.3) is 0 Å². The van der Waals surface area contributed by atoms with Crippen molar-refractivity contribution >= 4 is 23.4 Å². The summed E-state index contributed by atoms with van der Waals surface area (Å²) in [7, 11) is 3.22. The Bertz CT molecular complexity index is 971. The maximum atomic E-state index is 12.7. The summed E-state index contributed by atoms with van der Waals surface area (Å²) in [5, 5.41) is 3.33. The second-order valence-electron chi connectivity index (χ2n) is 6.23. The van der Waals surface area contributed by atoms with Gasteiger partial charge in [0.05, 0.1) is 30.8 Å². The minimum atomic E-state index is -0.350. The molecule has 6 nitrogen and oxygen atoms in total. The highest BCUT2D eigenvalue weighted by molar-refractivity contribution is 8.00. The Morgan fingerprint density at radius 3 is 2.75 bits per heavy atom. The summed E-state index contributed by atoms with van der Waals surface area (Å²) in [6.45, 7) is 3.82. The second kappa shape index (κ2) is 8.84. The Labute approximate surface area is 168 Å². The molecule has 1 aromatic heterocycles. The van der Waals surface area contributed by atoms with Crippen LogP contribution in [0.4, 0.5) is 5.69 Å². The molecule has 0 aliphatic heterocycles. The first-order chi connectivity index (χ1) is 13.5. The minimum absolute atomic E-state index is 0.117. The number of aryl methyl sites for hydroxylation is 1. The lowest BCUT2D eigenvalue weighted by Gasteiger charge is -2.15. The van der Waals surface area contributed by atoms with E-state index in [-0.39, 0.29) is 11.2 Å². The summed E-state index contributed by atoms with van der Waals surface area (Å²) in [5.74, 6) is 1.28. The summed E-state index contributed by atoms with van der Waals surface area (Å²) < 4.78 is 12.6. The van der Waals surface area contributed by atoms with Crippen molar-refractivity contribution in [1.29, 1.82) is 0 Å². The molecule has 1 atom stereocenters. The number of aromatic nitrogens is 2. The van der Waals surface area contributed by atoms with Crippen LogP contribution in [-0.2, 0) is 4.79 Å². The highest BCUT2D eigenvalue weighted by Gasteiger charge is 2.19. The van der Waals surface area contributed by atoms with Gasteiger partial charge in [-0.1, -0.05) is 23.9 Å². The highest BCUT2D eigenvalue weighted by Crippen LogP contribution is 2.29. The number of anilines is 1. The first kappa shape index (κ1) is 19.8. The summed E-state index contributed by atoms with van der Waals surface area (Å²) >= 11 is 1.39. The predicted octanol–water partition coefficient (Wildman–Crippen LogP) is 4.32. The Morgan fingerprint density at radius 1 is 1.18 bits per heavy atom. The van der Waals surface area contributed by atoms with Crippen LogP contribution in [0.5, 0.6) is 11.5 Å². The van der Waals surface area contributed by atoms with Crippen LogP contribution >= 0.6 is 11.8 Å². The molecule has 2 aromatic carbocycles. The van der Waals surface area contributed by atoms with Gasteiger partial charge in [-0.15, -0.1) is 0 Å². The van der Waals surface area contributed by atoms with Crippen molar-refractivity contribution in [2.45, 2.75) is 24.3 Å². The molecule has 0 saturated carbocycles. The number of amides is 1. The molecular formula is C21H23N3O3S. The van der Waals surface area contributed by atoms with Crippen LogP contribution in [0.15, 0.2) is 60.0 Å². The normalized spacial score (nSPS) is 11.7. The molecule has 28 heavy (non-hydrogen) atoms. The molecule has 1 unspecified atom stereocenters. The number of carbonyl (C=O) groups excluding carboxylic acids is 1. The molecule has 0 aliphatic carbocycles. The van der Waals surface area contributed by atoms with Gasteiger partial charge in [-0.2, -0.15) is 0 Å². The number of carbonyl (C=O) groups is 1. The van der Waals surface area contributed by atoms with Crippen molar-refractivity contribution in [2.75, 3.05) is 19.5 Å². The first-order valence-electron chi connectivity index (χ1n) is 8.81. The maximum absolute atomic E-state index is 12.7. The number of hydrogen-bond acceptors (Lipinski definition) is 5. The van der Waals surface area contributed by atoms with Crippen LogP contribution in [0, 0.1) is 6.92 Å². The smallest absolute Gasteiger partial charge is 0.237 e. The molecule has 0 radical (unpaired) electrons. The van der Waals surface area contributed by atoms with E-state index in [4.69, 9.17) is 9.47 Å². The summed E-state index contributed by atoms with van der Waals surface area (Å²) in [6, 6.07) is 13.4. The van der Waals surface area contributed by atoms with Crippen molar-refractivity contribution in [3.8, 4) is 17.2 Å². The van der Waals surface area contributed by atoms with E-state index in [0.29, 0.717) is 11.4 Å². The van der Waals surface area contributed by atoms with Crippen LogP contribution in [0.3, 0.4) is 0 Å². The van der Waals surface area contributed by atoms with Crippen LogP contribution in [0.1, 0.15) is 12.5 Å². The Balaban J connectivity index is 1.75. The number of nitrogens with zero attached hydrogens (tertiary/aromatic N) is 2. The number of thioether (sulfide) groups is 1. The van der Waals surface area contributed by atoms with Crippen molar-refractivity contribution in [3.05, 3.63) is 60.4 Å². The van der Waals surface area contributed by atoms with Gasteiger partial charge in [-0.25, -0.2) is 4.98 Å². The van der Waals surface area contributed by atoms with E-state index in [1.807, 2.05) is 67.1 Å². The van der Waals surface area contributed by atoms with E-state index in [0.717, 1.165) is 22.2 Å². The molecule has 0 saturated heterocycles. The molecule has 1 N–H and O–H groups in total. The monoisotopic (exact) mass is 397 g/mol. The Morgan fingerprint density at radius 2 is 2.00 bits per heavy atom. The van der Waals surface area contributed by atoms with Crippen molar-refractivity contribution in [2.24, 2.45) is 0 Å². The van der Waals surface area contributed by atoms with E-state index < -0.39 is 0 Å². The predicted molar refractivity (Wildman–Crippen MR) is 112 cm³/mol. The third-order valence-electron chi connectivity index (χ3n) is 4.20. The van der Waals surface area contributed by atoms with Crippen LogP contribution < -0.4 is 14.8 Å². The van der Waals surface area contributed by atoms with Crippen LogP contribution in [-0.4, -0.2) is 34.9 Å². The number of ether oxygens (including phenoxy) is 2. The maximum Gasteiger partial charge on any atom is 0.237 e. The lowest BCUT2D eigenvalue weighted by Crippen LogP contribution is -2.23. The zero-order chi connectivity index (χ0) is 20.1. The SMILES string of the molecule is COc1cccc(-n2ccnc2SC(C)C(=O)Nc2cc(C)ccc2OC)c1. The largest absolute Gasteiger partial charge is 0.497 e. The summed E-state index contributed by atoms with van der Waals surface area (Å²) in [6.07, 6.45) is 3.58. The summed E-state index contributed by atoms with van der Waals surface area (Å²) in [4.78, 5) is 17.1. The van der Waals surface area contributed by atoms with Gasteiger partial charge < -0.3 is 14.8 Å². The lowest BCUT2D eigenvalue weighted by atomic mass is 10.2. The van der Waals surface area contributed by atoms with Gasteiger partial charge >= 0.3 is 0 Å². The zero-order valence-corrected chi connectivity index (χ0v) is 17.1. The fourth-order valence-electron chi connectivity index (χ4n) is 2.70. The molecule has 7 heteroatoms. The van der Waals surface area contributed by atoms with Gasteiger partial charge in [-0.05, 0) is 43.7 Å². The van der Waals surface area contributed by atoms with E-state index in [1.54, 1.807) is 20.4 Å². The molecule has 0 fully saturated rings. The van der Waals surface area contributed by atoms with Crippen molar-refractivity contribution in [3.63, 3.8) is 0 Å². The molecule has 3 aromatic rings. The number of nitrogens with one attached hydrogen (secondary N) is 1. The quantitative estimate of drug-likeness (QED) is 0.602. The molecule has 0 aliphatic rings. The highest BCUT2D eigenvalue weighted by atomic mass is 32.2. The summed E-state index contributed by atoms with van der Waals surface area (Å²) in [5.41, 5.74) is 2.63. The van der Waals surface area contributed by atoms with E-state index in [2.05, 4.69) is 10.3 Å². The van der Waals surface area contributed by atoms with Gasteiger partial charge in [0, 0.05) is 18.5 Å². The van der Waals surface area contributed by atoms with E-state index >= 15 is 0 Å². The van der Waals surface area contributed by atoms with Gasteiger partial charge in [-0.3, -0.25) is 9.36 Å². The number of benzene rings is 2.